The van der Waals surface area contributed by atoms with E-state index in [1.807, 2.05) is 43.3 Å². The molecule has 0 saturated carbocycles. The molecule has 0 aliphatic heterocycles. The molecule has 1 heterocycles. The fourth-order valence-electron chi connectivity index (χ4n) is 2.44. The Kier molecular flexibility index (Phi) is 4.37. The van der Waals surface area contributed by atoms with E-state index < -0.39 is 0 Å². The number of carbonyl (C=O) groups is 1. The molecule has 0 atom stereocenters. The largest absolute Gasteiger partial charge is 0.298 e. The number of nitrogens with zero attached hydrogens (tertiary/aromatic N) is 1. The summed E-state index contributed by atoms with van der Waals surface area (Å²) in [4.78, 5) is 16.9. The van der Waals surface area contributed by atoms with Gasteiger partial charge in [0.25, 0.3) is 5.91 Å². The summed E-state index contributed by atoms with van der Waals surface area (Å²) >= 11 is 7.58. The van der Waals surface area contributed by atoms with Gasteiger partial charge in [-0.15, -0.1) is 0 Å². The third kappa shape index (κ3) is 3.30. The normalized spacial score (nSPS) is 11.7. The van der Waals surface area contributed by atoms with E-state index in [0.717, 1.165) is 15.8 Å². The highest BCUT2D eigenvalue weighted by molar-refractivity contribution is 7.22. The van der Waals surface area contributed by atoms with Gasteiger partial charge in [0.1, 0.15) is 0 Å². The Morgan fingerprint density at radius 3 is 2.42 bits per heavy atom. The van der Waals surface area contributed by atoms with Crippen molar-refractivity contribution in [2.45, 2.75) is 33.1 Å². The Balaban J connectivity index is 1.83. The average molecular weight is 359 g/mol. The number of hydrogen-bond donors (Lipinski definition) is 1. The molecule has 0 bridgehead atoms. The predicted octanol–water partition coefficient (Wildman–Crippen LogP) is 5.81. The number of amides is 1. The molecule has 0 aliphatic carbocycles. The first-order chi connectivity index (χ1) is 11.3. The number of aromatic nitrogens is 1. The Morgan fingerprint density at radius 1 is 1.12 bits per heavy atom. The number of fused-ring (bicyclic) bond motifs is 1. The smallest absolute Gasteiger partial charge is 0.257 e. The van der Waals surface area contributed by atoms with Gasteiger partial charge in [-0.2, -0.15) is 0 Å². The Labute approximate surface area is 150 Å². The molecule has 3 aromatic rings. The van der Waals surface area contributed by atoms with Crippen molar-refractivity contribution in [3.63, 3.8) is 0 Å². The fraction of sp³-hybridized carbons (Fsp3) is 0.263. The summed E-state index contributed by atoms with van der Waals surface area (Å²) in [5.41, 5.74) is 3.66. The van der Waals surface area contributed by atoms with Gasteiger partial charge in [-0.25, -0.2) is 4.98 Å². The zero-order valence-electron chi connectivity index (χ0n) is 14.1. The Hall–Kier alpha value is -1.91. The molecule has 0 spiro atoms. The molecule has 1 N–H and O–H groups in total. The lowest BCUT2D eigenvalue weighted by atomic mass is 9.87. The third-order valence-electron chi connectivity index (χ3n) is 3.98. The minimum absolute atomic E-state index is 0.0683. The van der Waals surface area contributed by atoms with Crippen LogP contribution >= 0.6 is 22.9 Å². The van der Waals surface area contributed by atoms with Crippen molar-refractivity contribution in [2.24, 2.45) is 0 Å². The summed E-state index contributed by atoms with van der Waals surface area (Å²) in [6, 6.07) is 11.5. The van der Waals surface area contributed by atoms with Crippen molar-refractivity contribution in [2.75, 3.05) is 5.32 Å². The summed E-state index contributed by atoms with van der Waals surface area (Å²) in [6.07, 6.45) is 0. The van der Waals surface area contributed by atoms with E-state index in [1.54, 1.807) is 0 Å². The van der Waals surface area contributed by atoms with Crippen molar-refractivity contribution in [3.05, 3.63) is 58.1 Å². The zero-order valence-corrected chi connectivity index (χ0v) is 15.7. The van der Waals surface area contributed by atoms with E-state index in [2.05, 4.69) is 31.1 Å². The van der Waals surface area contributed by atoms with Crippen LogP contribution in [0.2, 0.25) is 5.02 Å². The Morgan fingerprint density at radius 2 is 1.79 bits per heavy atom. The molecule has 1 aromatic heterocycles. The highest BCUT2D eigenvalue weighted by Gasteiger charge is 2.15. The van der Waals surface area contributed by atoms with Crippen LogP contribution in [0, 0.1) is 6.92 Å². The van der Waals surface area contributed by atoms with Crippen LogP contribution in [0.5, 0.6) is 0 Å². The lowest BCUT2D eigenvalue weighted by Crippen LogP contribution is -2.14. The van der Waals surface area contributed by atoms with Gasteiger partial charge in [0.05, 0.1) is 10.2 Å². The third-order valence-corrected chi connectivity index (χ3v) is 5.33. The van der Waals surface area contributed by atoms with E-state index in [-0.39, 0.29) is 11.3 Å². The van der Waals surface area contributed by atoms with E-state index in [9.17, 15) is 4.79 Å². The summed E-state index contributed by atoms with van der Waals surface area (Å²) in [5.74, 6) is -0.154. The second-order valence-corrected chi connectivity index (χ2v) is 8.26. The van der Waals surface area contributed by atoms with Crippen molar-refractivity contribution < 1.29 is 4.79 Å². The van der Waals surface area contributed by atoms with Gasteiger partial charge in [0.15, 0.2) is 5.13 Å². The molecule has 0 aliphatic rings. The molecule has 124 valence electrons. The minimum Gasteiger partial charge on any atom is -0.298 e. The van der Waals surface area contributed by atoms with Crippen LogP contribution < -0.4 is 5.32 Å². The van der Waals surface area contributed by atoms with Gasteiger partial charge < -0.3 is 0 Å². The SMILES string of the molecule is Cc1c(Cl)ccc2sc(NC(=O)c3ccc(C(C)(C)C)cc3)nc12. The average Bonchev–Trinajstić information content (AvgIpc) is 2.94. The molecule has 0 saturated heterocycles. The van der Waals surface area contributed by atoms with Crippen LogP contribution in [0.4, 0.5) is 5.13 Å². The maximum Gasteiger partial charge on any atom is 0.257 e. The van der Waals surface area contributed by atoms with Gasteiger partial charge in [-0.05, 0) is 47.7 Å². The molecule has 1 amide bonds. The van der Waals surface area contributed by atoms with E-state index in [1.165, 1.54) is 16.9 Å². The van der Waals surface area contributed by atoms with Crippen LogP contribution in [0.15, 0.2) is 36.4 Å². The summed E-state index contributed by atoms with van der Waals surface area (Å²) < 4.78 is 1.01. The quantitative estimate of drug-likeness (QED) is 0.628. The van der Waals surface area contributed by atoms with Crippen molar-refractivity contribution in [1.82, 2.24) is 4.98 Å². The van der Waals surface area contributed by atoms with E-state index in [4.69, 9.17) is 11.6 Å². The molecule has 0 unspecified atom stereocenters. The van der Waals surface area contributed by atoms with Crippen LogP contribution in [0.3, 0.4) is 0 Å². The van der Waals surface area contributed by atoms with Crippen LogP contribution in [-0.2, 0) is 5.41 Å². The molecule has 0 fully saturated rings. The molecule has 2 aromatic carbocycles. The summed E-state index contributed by atoms with van der Waals surface area (Å²) in [6.45, 7) is 8.38. The second kappa shape index (κ2) is 6.19. The molecular weight excluding hydrogens is 340 g/mol. The molecule has 5 heteroatoms. The zero-order chi connectivity index (χ0) is 17.5. The number of aryl methyl sites for hydroxylation is 1. The highest BCUT2D eigenvalue weighted by Crippen LogP contribution is 2.32. The molecule has 24 heavy (non-hydrogen) atoms. The first kappa shape index (κ1) is 16.9. The summed E-state index contributed by atoms with van der Waals surface area (Å²) in [7, 11) is 0. The molecule has 0 radical (unpaired) electrons. The minimum atomic E-state index is -0.154. The molecule has 3 nitrogen and oxygen atoms in total. The number of anilines is 1. The number of carbonyl (C=O) groups excluding carboxylic acids is 1. The summed E-state index contributed by atoms with van der Waals surface area (Å²) in [5, 5.41) is 4.15. The van der Waals surface area contributed by atoms with Gasteiger partial charge in [0, 0.05) is 10.6 Å². The number of halogens is 1. The van der Waals surface area contributed by atoms with Crippen LogP contribution in [0.1, 0.15) is 42.3 Å². The number of rotatable bonds is 2. The number of thiazole rings is 1. The number of nitrogens with one attached hydrogen (secondary N) is 1. The maximum absolute atomic E-state index is 12.4. The first-order valence-electron chi connectivity index (χ1n) is 7.73. The van der Waals surface area contributed by atoms with Crippen LogP contribution in [-0.4, -0.2) is 10.9 Å². The van der Waals surface area contributed by atoms with Crippen molar-refractivity contribution >= 4 is 44.2 Å². The lowest BCUT2D eigenvalue weighted by molar-refractivity contribution is 0.102. The number of benzene rings is 2. The predicted molar refractivity (Wildman–Crippen MR) is 102 cm³/mol. The first-order valence-corrected chi connectivity index (χ1v) is 8.93. The highest BCUT2D eigenvalue weighted by atomic mass is 35.5. The van der Waals surface area contributed by atoms with Crippen LogP contribution in [0.25, 0.3) is 10.2 Å². The standard InChI is InChI=1S/C19H19ClN2OS/c1-11-14(20)9-10-15-16(11)21-18(24-15)22-17(23)12-5-7-13(8-6-12)19(2,3)4/h5-10H,1-4H3,(H,21,22,23). The van der Waals surface area contributed by atoms with Gasteiger partial charge in [-0.3, -0.25) is 10.1 Å². The van der Waals surface area contributed by atoms with E-state index in [0.29, 0.717) is 15.7 Å². The maximum atomic E-state index is 12.4. The number of hydrogen-bond acceptors (Lipinski definition) is 3. The van der Waals surface area contributed by atoms with Crippen molar-refractivity contribution in [3.8, 4) is 0 Å². The van der Waals surface area contributed by atoms with Crippen molar-refractivity contribution in [1.29, 1.82) is 0 Å². The topological polar surface area (TPSA) is 42.0 Å². The monoisotopic (exact) mass is 358 g/mol. The Bertz CT molecular complexity index is 908. The van der Waals surface area contributed by atoms with Gasteiger partial charge in [-0.1, -0.05) is 55.8 Å². The van der Waals surface area contributed by atoms with Gasteiger partial charge in [0.2, 0.25) is 0 Å². The lowest BCUT2D eigenvalue weighted by Gasteiger charge is -2.18. The van der Waals surface area contributed by atoms with Gasteiger partial charge >= 0.3 is 0 Å². The molecular formula is C19H19ClN2OS. The van der Waals surface area contributed by atoms with E-state index >= 15 is 0 Å². The second-order valence-electron chi connectivity index (χ2n) is 6.82. The molecule has 3 rings (SSSR count). The fourth-order valence-corrected chi connectivity index (χ4v) is 3.52.